The average molecular weight is 376 g/mol. The molecule has 0 bridgehead atoms. The number of unbranched alkanes of at least 4 members (excludes halogenated alkanes) is 1. The number of hydrogen-bond acceptors (Lipinski definition) is 4. The number of aryl methyl sites for hydroxylation is 2. The van der Waals surface area contributed by atoms with Crippen LogP contribution in [0.2, 0.25) is 0 Å². The molecule has 0 radical (unpaired) electrons. The van der Waals surface area contributed by atoms with E-state index in [0.29, 0.717) is 18.5 Å². The van der Waals surface area contributed by atoms with Gasteiger partial charge in [0.1, 0.15) is 0 Å². The van der Waals surface area contributed by atoms with E-state index in [0.717, 1.165) is 20.8 Å². The molecule has 0 spiro atoms. The molecule has 3 rings (SSSR count). The van der Waals surface area contributed by atoms with Gasteiger partial charge < -0.3 is 0 Å². The van der Waals surface area contributed by atoms with Crippen LogP contribution in [-0.2, 0) is 10.0 Å². The van der Waals surface area contributed by atoms with Crippen molar-refractivity contribution in [2.45, 2.75) is 37.8 Å². The van der Waals surface area contributed by atoms with Crippen molar-refractivity contribution in [3.05, 3.63) is 14.4 Å². The van der Waals surface area contributed by atoms with E-state index in [-0.39, 0.29) is 24.6 Å². The number of fused-ring (bicyclic) bond motifs is 3. The summed E-state index contributed by atoms with van der Waals surface area (Å²) in [4.78, 5) is 12.5. The Bertz CT molecular complexity index is 816. The second-order valence-corrected chi connectivity index (χ2v) is 11.0. The summed E-state index contributed by atoms with van der Waals surface area (Å²) in [5.41, 5.74) is 0.442. The van der Waals surface area contributed by atoms with Gasteiger partial charge >= 0.3 is 128 Å². The van der Waals surface area contributed by atoms with Gasteiger partial charge in [-0.15, -0.1) is 0 Å². The number of amides is 1. The van der Waals surface area contributed by atoms with Crippen molar-refractivity contribution in [3.63, 3.8) is 0 Å². The zero-order chi connectivity index (χ0) is 14.7. The molecule has 1 aliphatic rings. The van der Waals surface area contributed by atoms with E-state index in [1.807, 2.05) is 20.8 Å². The molecule has 4 nitrogen and oxygen atoms in total. The van der Waals surface area contributed by atoms with Crippen LogP contribution in [0.1, 0.15) is 39.0 Å². The second kappa shape index (κ2) is 4.70. The summed E-state index contributed by atoms with van der Waals surface area (Å²) in [6.45, 7) is 6.32. The van der Waals surface area contributed by atoms with E-state index in [1.54, 1.807) is 0 Å². The predicted octanol–water partition coefficient (Wildman–Crippen LogP) is 2.52. The Labute approximate surface area is 128 Å². The van der Waals surface area contributed by atoms with E-state index in [1.165, 1.54) is 20.2 Å². The third kappa shape index (κ3) is 1.77. The molecule has 3 heterocycles. The molecular weight excluding hydrogens is 361 g/mol. The van der Waals surface area contributed by atoms with E-state index in [9.17, 15) is 13.2 Å². The first kappa shape index (κ1) is 14.3. The van der Waals surface area contributed by atoms with E-state index >= 15 is 0 Å². The first-order valence-electron chi connectivity index (χ1n) is 6.49. The normalized spacial score (nSPS) is 17.1. The van der Waals surface area contributed by atoms with Gasteiger partial charge in [-0.05, 0) is 0 Å². The van der Waals surface area contributed by atoms with Gasteiger partial charge in [0.2, 0.25) is 0 Å². The van der Waals surface area contributed by atoms with Crippen LogP contribution in [-0.4, -0.2) is 39.7 Å². The molecule has 1 aliphatic heterocycles. The van der Waals surface area contributed by atoms with Gasteiger partial charge in [0.15, 0.2) is 0 Å². The molecule has 7 heteroatoms. The van der Waals surface area contributed by atoms with Crippen molar-refractivity contribution in [3.8, 4) is 0 Å². The molecule has 0 N–H and O–H groups in total. The number of carbonyl (C=O) groups excluding carboxylic acids is 1. The monoisotopic (exact) mass is 377 g/mol. The Morgan fingerprint density at radius 2 is 1.95 bits per heavy atom. The van der Waals surface area contributed by atoms with Crippen LogP contribution < -0.4 is 0 Å². The van der Waals surface area contributed by atoms with Gasteiger partial charge in [-0.1, -0.05) is 0 Å². The van der Waals surface area contributed by atoms with Crippen LogP contribution in [0.4, 0.5) is 0 Å². The summed E-state index contributed by atoms with van der Waals surface area (Å²) in [7, 11) is -3.61. The summed E-state index contributed by atoms with van der Waals surface area (Å²) in [5, 5.41) is 0.912. The molecule has 2 aromatic rings. The molecule has 0 saturated heterocycles. The Kier molecular flexibility index (Phi) is 3.36. The number of rotatable bonds is 3. The topological polar surface area (TPSA) is 54.5 Å². The maximum absolute atomic E-state index is 12.5. The molecule has 0 fully saturated rings. The quantitative estimate of drug-likeness (QED) is 0.774. The molecule has 0 aromatic carbocycles. The van der Waals surface area contributed by atoms with Crippen molar-refractivity contribution >= 4 is 51.9 Å². The Hall–Kier alpha value is -0.621. The molecule has 0 aliphatic carbocycles. The van der Waals surface area contributed by atoms with Crippen molar-refractivity contribution < 1.29 is 13.2 Å². The van der Waals surface area contributed by atoms with Gasteiger partial charge in [0.05, 0.1) is 0 Å². The fourth-order valence-electron chi connectivity index (χ4n) is 2.55. The van der Waals surface area contributed by atoms with Crippen LogP contribution in [0.3, 0.4) is 0 Å². The van der Waals surface area contributed by atoms with E-state index in [4.69, 9.17) is 0 Å². The summed E-state index contributed by atoms with van der Waals surface area (Å²) in [5.74, 6) is -0.323. The first-order chi connectivity index (χ1) is 9.39. The molecule has 20 heavy (non-hydrogen) atoms. The zero-order valence-electron chi connectivity index (χ0n) is 11.5. The fraction of sp³-hybridized carbons (Fsp3) is 0.462. The van der Waals surface area contributed by atoms with Gasteiger partial charge in [0, 0.05) is 0 Å². The second-order valence-electron chi connectivity index (χ2n) is 4.92. The number of thiophene rings is 1. The zero-order valence-corrected chi connectivity index (χ0v) is 14.9. The summed E-state index contributed by atoms with van der Waals surface area (Å²) >= 11 is 1.54. The fourth-order valence-corrected chi connectivity index (χ4v) is 8.44. The summed E-state index contributed by atoms with van der Waals surface area (Å²) in [6.07, 6.45) is 1.58. The number of nitrogens with zero attached hydrogens (tertiary/aromatic N) is 1. The molecular formula is C13H15NO3S2Se. The predicted molar refractivity (Wildman–Crippen MR) is 81.4 cm³/mol. The van der Waals surface area contributed by atoms with Crippen LogP contribution in [0.5, 0.6) is 0 Å². The minimum absolute atomic E-state index is 0.261. The van der Waals surface area contributed by atoms with Gasteiger partial charge in [-0.25, -0.2) is 0 Å². The van der Waals surface area contributed by atoms with E-state index in [2.05, 4.69) is 0 Å². The van der Waals surface area contributed by atoms with Crippen molar-refractivity contribution in [2.24, 2.45) is 0 Å². The summed E-state index contributed by atoms with van der Waals surface area (Å²) in [6, 6.07) is 0. The Morgan fingerprint density at radius 1 is 1.25 bits per heavy atom. The molecule has 108 valence electrons. The average Bonchev–Trinajstić information content (AvgIpc) is 2.94. The first-order valence-corrected chi connectivity index (χ1v) is 10.5. The molecule has 1 amide bonds. The van der Waals surface area contributed by atoms with Gasteiger partial charge in [-0.2, -0.15) is 0 Å². The number of carbonyl (C=O) groups is 1. The third-order valence-electron chi connectivity index (χ3n) is 3.53. The maximum atomic E-state index is 12.5. The van der Waals surface area contributed by atoms with Crippen LogP contribution >= 0.6 is 11.3 Å². The minimum atomic E-state index is -3.61. The van der Waals surface area contributed by atoms with E-state index < -0.39 is 10.0 Å². The molecule has 0 unspecified atom stereocenters. The third-order valence-corrected chi connectivity index (χ3v) is 9.55. The van der Waals surface area contributed by atoms with Crippen LogP contribution in [0.25, 0.3) is 10.1 Å². The Balaban J connectivity index is 2.24. The van der Waals surface area contributed by atoms with Gasteiger partial charge in [0.25, 0.3) is 0 Å². The SMILES string of the molecule is CCCCN1C(=O)c2c(sc3c(C)[se]c(C)c23)S1(=O)=O. The van der Waals surface area contributed by atoms with Crippen molar-refractivity contribution in [1.82, 2.24) is 4.31 Å². The van der Waals surface area contributed by atoms with Crippen molar-refractivity contribution in [1.29, 1.82) is 0 Å². The number of hydrogen-bond donors (Lipinski definition) is 0. The molecule has 2 aromatic heterocycles. The number of sulfonamides is 1. The van der Waals surface area contributed by atoms with Gasteiger partial charge in [-0.3, -0.25) is 0 Å². The van der Waals surface area contributed by atoms with Crippen LogP contribution in [0.15, 0.2) is 4.21 Å². The standard InChI is InChI=1S/C13H15NO3S2Se/c1-4-5-6-14-12(15)10-9-7(2)20-8(3)11(9)18-13(10)19(14,16)17/h4-6H2,1-3H3. The van der Waals surface area contributed by atoms with Crippen LogP contribution in [0, 0.1) is 13.8 Å². The molecule has 0 atom stereocenters. The molecule has 0 saturated carbocycles. The Morgan fingerprint density at radius 3 is 2.60 bits per heavy atom. The summed E-state index contributed by atoms with van der Waals surface area (Å²) < 4.78 is 29.8. The van der Waals surface area contributed by atoms with Crippen molar-refractivity contribution in [2.75, 3.05) is 6.54 Å².